The van der Waals surface area contributed by atoms with Crippen LogP contribution in [0.5, 0.6) is 0 Å². The molecule has 220 valence electrons. The molecule has 3 aliphatic rings. The van der Waals surface area contributed by atoms with Gasteiger partial charge in [-0.3, -0.25) is 0 Å². The number of anilines is 3. The van der Waals surface area contributed by atoms with E-state index in [9.17, 15) is 0 Å². The van der Waals surface area contributed by atoms with Gasteiger partial charge in [-0.15, -0.1) is 0 Å². The smallest absolute Gasteiger partial charge is 0.0901 e. The minimum Gasteiger partial charge on any atom is -0.383 e. The standard InChI is InChI=1S/C43H33N3/c44-28-29-19-21-30(22-20-29)31-10-8-11-32(26-31)33-23-24-35-36-14-9-25-45-42(36)43(39(35)27-33)37-15-4-6-17-40(37)46(34-12-2-1-3-13-34)41-18-7-5-16-38(41)43/h1-24,26-27,45H,25,28,44H2. The molecule has 3 heteroatoms. The molecule has 0 fully saturated rings. The summed E-state index contributed by atoms with van der Waals surface area (Å²) in [6, 6.07) is 53.2. The number of rotatable bonds is 4. The number of dihydropyridines is 1. The van der Waals surface area contributed by atoms with Crippen molar-refractivity contribution >= 4 is 22.6 Å². The minimum atomic E-state index is -0.487. The summed E-state index contributed by atoms with van der Waals surface area (Å²) in [5.41, 5.74) is 22.6. The fourth-order valence-corrected chi connectivity index (χ4v) is 7.85. The maximum Gasteiger partial charge on any atom is 0.0901 e. The summed E-state index contributed by atoms with van der Waals surface area (Å²) in [6.45, 7) is 1.35. The number of fused-ring (bicyclic) bond motifs is 8. The predicted octanol–water partition coefficient (Wildman–Crippen LogP) is 9.48. The lowest BCUT2D eigenvalue weighted by atomic mass is 9.65. The van der Waals surface area contributed by atoms with Crippen LogP contribution in [0.4, 0.5) is 17.1 Å². The summed E-state index contributed by atoms with van der Waals surface area (Å²) in [6.07, 6.45) is 4.56. The van der Waals surface area contributed by atoms with Crippen molar-refractivity contribution in [2.75, 3.05) is 11.4 Å². The molecule has 9 rings (SSSR count). The molecule has 1 spiro atoms. The zero-order valence-corrected chi connectivity index (χ0v) is 25.4. The zero-order valence-electron chi connectivity index (χ0n) is 25.4. The van der Waals surface area contributed by atoms with Gasteiger partial charge in [0, 0.05) is 30.0 Å². The monoisotopic (exact) mass is 591 g/mol. The lowest BCUT2D eigenvalue weighted by Gasteiger charge is -2.46. The number of hydrogen-bond donors (Lipinski definition) is 2. The minimum absolute atomic E-state index is 0.487. The van der Waals surface area contributed by atoms with Crippen molar-refractivity contribution in [3.63, 3.8) is 0 Å². The van der Waals surface area contributed by atoms with Crippen molar-refractivity contribution in [2.45, 2.75) is 12.0 Å². The van der Waals surface area contributed by atoms with Crippen LogP contribution < -0.4 is 16.0 Å². The van der Waals surface area contributed by atoms with Gasteiger partial charge >= 0.3 is 0 Å². The van der Waals surface area contributed by atoms with Gasteiger partial charge in [0.1, 0.15) is 0 Å². The van der Waals surface area contributed by atoms with Crippen LogP contribution in [0.15, 0.2) is 163 Å². The third-order valence-electron chi connectivity index (χ3n) is 9.87. The fourth-order valence-electron chi connectivity index (χ4n) is 7.85. The Morgan fingerprint density at radius 3 is 1.93 bits per heavy atom. The second kappa shape index (κ2) is 10.5. The maximum atomic E-state index is 5.87. The van der Waals surface area contributed by atoms with Crippen molar-refractivity contribution in [1.29, 1.82) is 0 Å². The van der Waals surface area contributed by atoms with E-state index in [1.165, 1.54) is 67.2 Å². The summed E-state index contributed by atoms with van der Waals surface area (Å²) >= 11 is 0. The highest BCUT2D eigenvalue weighted by molar-refractivity contribution is 5.98. The molecule has 3 nitrogen and oxygen atoms in total. The first-order valence-electron chi connectivity index (χ1n) is 16.0. The largest absolute Gasteiger partial charge is 0.383 e. The highest BCUT2D eigenvalue weighted by Gasteiger charge is 2.53. The van der Waals surface area contributed by atoms with E-state index in [1.54, 1.807) is 0 Å². The van der Waals surface area contributed by atoms with Gasteiger partial charge in [0.2, 0.25) is 0 Å². The Labute approximate surface area is 270 Å². The molecule has 0 unspecified atom stereocenters. The third kappa shape index (κ3) is 3.82. The summed E-state index contributed by atoms with van der Waals surface area (Å²) in [5, 5.41) is 3.89. The first-order chi connectivity index (χ1) is 22.8. The van der Waals surface area contributed by atoms with Gasteiger partial charge in [-0.25, -0.2) is 0 Å². The van der Waals surface area contributed by atoms with E-state index >= 15 is 0 Å². The van der Waals surface area contributed by atoms with Crippen LogP contribution in [-0.2, 0) is 12.0 Å². The lowest BCUT2D eigenvalue weighted by Crippen LogP contribution is -2.41. The van der Waals surface area contributed by atoms with Crippen LogP contribution in [0.2, 0.25) is 0 Å². The fraction of sp³-hybridized carbons (Fsp3) is 0.0698. The molecule has 0 aromatic heterocycles. The van der Waals surface area contributed by atoms with E-state index in [2.05, 4.69) is 168 Å². The second-order valence-corrected chi connectivity index (χ2v) is 12.3. The molecule has 6 aromatic rings. The van der Waals surface area contributed by atoms with Crippen LogP contribution in [0, 0.1) is 0 Å². The van der Waals surface area contributed by atoms with E-state index in [1.807, 2.05) is 0 Å². The van der Waals surface area contributed by atoms with E-state index in [0.717, 1.165) is 17.8 Å². The van der Waals surface area contributed by atoms with E-state index in [4.69, 9.17) is 5.73 Å². The zero-order chi connectivity index (χ0) is 30.7. The Morgan fingerprint density at radius 1 is 0.587 bits per heavy atom. The van der Waals surface area contributed by atoms with E-state index < -0.39 is 5.41 Å². The molecule has 1 aliphatic carbocycles. The molecule has 0 saturated heterocycles. The average molecular weight is 592 g/mol. The predicted molar refractivity (Wildman–Crippen MR) is 190 cm³/mol. The molecule has 46 heavy (non-hydrogen) atoms. The van der Waals surface area contributed by atoms with Gasteiger partial charge < -0.3 is 16.0 Å². The number of para-hydroxylation sites is 3. The van der Waals surface area contributed by atoms with Crippen molar-refractivity contribution in [3.8, 4) is 22.3 Å². The maximum absolute atomic E-state index is 5.87. The molecule has 2 aliphatic heterocycles. The number of benzene rings is 6. The molecule has 0 atom stereocenters. The number of nitrogens with one attached hydrogen (secondary N) is 1. The molecule has 6 aromatic carbocycles. The van der Waals surface area contributed by atoms with E-state index in [-0.39, 0.29) is 0 Å². The average Bonchev–Trinajstić information content (AvgIpc) is 3.42. The molecule has 0 amide bonds. The quantitative estimate of drug-likeness (QED) is 0.215. The SMILES string of the molecule is NCc1ccc(-c2cccc(-c3ccc4c(c3)C3(C5=C4C=CCN5)c4ccccc4N(c4ccccc4)c4ccccc43)c2)cc1. The Balaban J connectivity index is 1.29. The lowest BCUT2D eigenvalue weighted by molar-refractivity contribution is 0.659. The third-order valence-corrected chi connectivity index (χ3v) is 9.87. The second-order valence-electron chi connectivity index (χ2n) is 12.3. The topological polar surface area (TPSA) is 41.3 Å². The molecule has 0 bridgehead atoms. The molecular weight excluding hydrogens is 558 g/mol. The van der Waals surface area contributed by atoms with Gasteiger partial charge in [-0.1, -0.05) is 121 Å². The van der Waals surface area contributed by atoms with Gasteiger partial charge in [-0.05, 0) is 86.5 Å². The van der Waals surface area contributed by atoms with Crippen molar-refractivity contribution in [2.24, 2.45) is 5.73 Å². The number of allylic oxidation sites excluding steroid dienone is 3. The molecule has 2 heterocycles. The summed E-state index contributed by atoms with van der Waals surface area (Å²) in [5.74, 6) is 0. The van der Waals surface area contributed by atoms with Crippen LogP contribution >= 0.6 is 0 Å². The first kappa shape index (κ1) is 26.7. The first-order valence-corrected chi connectivity index (χ1v) is 16.0. The highest BCUT2D eigenvalue weighted by Crippen LogP contribution is 2.62. The molecule has 3 N–H and O–H groups in total. The van der Waals surface area contributed by atoms with Crippen LogP contribution in [0.25, 0.3) is 27.8 Å². The van der Waals surface area contributed by atoms with Gasteiger partial charge in [0.15, 0.2) is 0 Å². The number of hydrogen-bond acceptors (Lipinski definition) is 3. The van der Waals surface area contributed by atoms with Gasteiger partial charge in [-0.2, -0.15) is 0 Å². The van der Waals surface area contributed by atoms with Crippen LogP contribution in [0.1, 0.15) is 27.8 Å². The van der Waals surface area contributed by atoms with E-state index in [0.29, 0.717) is 6.54 Å². The summed E-state index contributed by atoms with van der Waals surface area (Å²) in [7, 11) is 0. The van der Waals surface area contributed by atoms with Crippen molar-refractivity contribution < 1.29 is 0 Å². The van der Waals surface area contributed by atoms with Crippen molar-refractivity contribution in [3.05, 3.63) is 191 Å². The Kier molecular flexibility index (Phi) is 6.09. The number of nitrogens with two attached hydrogens (primary N) is 1. The number of nitrogens with zero attached hydrogens (tertiary/aromatic N) is 1. The van der Waals surface area contributed by atoms with Crippen LogP contribution in [0.3, 0.4) is 0 Å². The molecule has 0 saturated carbocycles. The summed E-state index contributed by atoms with van der Waals surface area (Å²) in [4.78, 5) is 2.43. The normalized spacial score (nSPS) is 15.2. The van der Waals surface area contributed by atoms with Crippen molar-refractivity contribution in [1.82, 2.24) is 5.32 Å². The van der Waals surface area contributed by atoms with Gasteiger partial charge in [0.25, 0.3) is 0 Å². The molecule has 0 radical (unpaired) electrons. The highest BCUT2D eigenvalue weighted by atomic mass is 15.2. The summed E-state index contributed by atoms with van der Waals surface area (Å²) < 4.78 is 0. The Morgan fingerprint density at radius 2 is 1.22 bits per heavy atom. The van der Waals surface area contributed by atoms with Gasteiger partial charge in [0.05, 0.1) is 16.8 Å². The Bertz CT molecular complexity index is 2140. The van der Waals surface area contributed by atoms with Crippen LogP contribution in [-0.4, -0.2) is 6.54 Å². The molecular formula is C43H33N3. The Hall–Kier alpha value is -5.64.